The minimum atomic E-state index is -1.27. The van der Waals surface area contributed by atoms with Crippen LogP contribution in [-0.4, -0.2) is 77.1 Å². The fourth-order valence-corrected chi connectivity index (χ4v) is 2.72. The summed E-state index contributed by atoms with van der Waals surface area (Å²) in [4.78, 5) is 60.1. The number of carbonyl (C=O) groups is 5. The summed E-state index contributed by atoms with van der Waals surface area (Å²) in [5.41, 5.74) is 16.1. The molecule has 0 rings (SSSR count). The lowest BCUT2D eigenvalue weighted by molar-refractivity contribution is -0.143. The van der Waals surface area contributed by atoms with Gasteiger partial charge in [0.1, 0.15) is 24.2 Å². The Morgan fingerprint density at radius 2 is 1.41 bits per heavy atom. The molecule has 13 nitrogen and oxygen atoms in total. The number of rotatable bonds is 16. The number of amides is 4. The maximum absolute atomic E-state index is 12.8. The average molecular weight is 461 g/mol. The number of aliphatic hydroxyl groups is 1. The Balaban J connectivity index is 5.50. The summed E-state index contributed by atoms with van der Waals surface area (Å²) >= 11 is 0. The lowest BCUT2D eigenvalue weighted by atomic mass is 10.0. The third-order valence-corrected chi connectivity index (χ3v) is 4.66. The van der Waals surface area contributed by atoms with Crippen LogP contribution in [0.5, 0.6) is 0 Å². The first-order valence-electron chi connectivity index (χ1n) is 10.4. The Labute approximate surface area is 186 Å². The fourth-order valence-electron chi connectivity index (χ4n) is 2.72. The summed E-state index contributed by atoms with van der Waals surface area (Å²) in [7, 11) is 0. The number of carboxylic acids is 1. The van der Waals surface area contributed by atoms with E-state index >= 15 is 0 Å². The van der Waals surface area contributed by atoms with Gasteiger partial charge in [-0.05, 0) is 38.1 Å². The van der Waals surface area contributed by atoms with E-state index in [1.807, 2.05) is 0 Å². The minimum Gasteiger partial charge on any atom is -0.480 e. The molecule has 0 aromatic carbocycles. The lowest BCUT2D eigenvalue weighted by Gasteiger charge is -2.26. The highest BCUT2D eigenvalue weighted by molar-refractivity contribution is 5.94. The van der Waals surface area contributed by atoms with Crippen LogP contribution in [0.2, 0.25) is 0 Å². The van der Waals surface area contributed by atoms with E-state index < -0.39 is 66.3 Å². The fraction of sp³-hybridized carbons (Fsp3) is 0.737. The Morgan fingerprint density at radius 3 is 1.88 bits per heavy atom. The van der Waals surface area contributed by atoms with Gasteiger partial charge in [-0.3, -0.25) is 19.2 Å². The number of aliphatic carboxylic acids is 1. The van der Waals surface area contributed by atoms with Gasteiger partial charge < -0.3 is 43.4 Å². The Hall–Kier alpha value is -2.77. The number of nitrogens with two attached hydrogens (primary N) is 3. The summed E-state index contributed by atoms with van der Waals surface area (Å²) in [6.45, 7) is 2.94. The third-order valence-electron chi connectivity index (χ3n) is 4.66. The largest absolute Gasteiger partial charge is 0.480 e. The summed E-state index contributed by atoms with van der Waals surface area (Å²) in [6.07, 6.45) is 0.830. The summed E-state index contributed by atoms with van der Waals surface area (Å²) in [6, 6.07) is -4.80. The molecule has 0 aromatic rings. The molecule has 0 aliphatic heterocycles. The zero-order valence-corrected chi connectivity index (χ0v) is 18.5. The van der Waals surface area contributed by atoms with E-state index in [4.69, 9.17) is 22.3 Å². The predicted octanol–water partition coefficient (Wildman–Crippen LogP) is -3.10. The van der Waals surface area contributed by atoms with Gasteiger partial charge in [-0.2, -0.15) is 0 Å². The molecule has 4 atom stereocenters. The van der Waals surface area contributed by atoms with Crippen molar-refractivity contribution in [3.05, 3.63) is 0 Å². The van der Waals surface area contributed by atoms with Gasteiger partial charge in [0.25, 0.3) is 0 Å². The van der Waals surface area contributed by atoms with Gasteiger partial charge in [-0.25, -0.2) is 4.79 Å². The monoisotopic (exact) mass is 460 g/mol. The zero-order valence-electron chi connectivity index (χ0n) is 18.5. The second-order valence-corrected chi connectivity index (χ2v) is 7.77. The highest BCUT2D eigenvalue weighted by Gasteiger charge is 2.31. The summed E-state index contributed by atoms with van der Waals surface area (Å²) in [5.74, 6) is -4.70. The Bertz CT molecular complexity index is 658. The molecule has 4 unspecified atom stereocenters. The molecule has 0 aliphatic carbocycles. The first-order chi connectivity index (χ1) is 14.9. The molecular formula is C19H36N6O7. The molecule has 32 heavy (non-hydrogen) atoms. The van der Waals surface area contributed by atoms with Gasteiger partial charge in [0.2, 0.25) is 23.6 Å². The van der Waals surface area contributed by atoms with Crippen molar-refractivity contribution < 1.29 is 34.2 Å². The highest BCUT2D eigenvalue weighted by atomic mass is 16.4. The molecular weight excluding hydrogens is 424 g/mol. The molecule has 184 valence electrons. The second kappa shape index (κ2) is 15.1. The van der Waals surface area contributed by atoms with Crippen LogP contribution in [0.4, 0.5) is 0 Å². The van der Waals surface area contributed by atoms with Crippen molar-refractivity contribution in [3.8, 4) is 0 Å². The molecule has 0 heterocycles. The maximum atomic E-state index is 12.8. The zero-order chi connectivity index (χ0) is 24.8. The molecule has 0 saturated heterocycles. The molecule has 0 fully saturated rings. The van der Waals surface area contributed by atoms with Crippen LogP contribution in [0.25, 0.3) is 0 Å². The van der Waals surface area contributed by atoms with E-state index in [0.717, 1.165) is 0 Å². The third kappa shape index (κ3) is 11.0. The average Bonchev–Trinajstić information content (AvgIpc) is 2.72. The topological polar surface area (TPSA) is 240 Å². The van der Waals surface area contributed by atoms with Crippen LogP contribution in [0, 0.1) is 5.92 Å². The minimum absolute atomic E-state index is 0.170. The van der Waals surface area contributed by atoms with Gasteiger partial charge in [-0.1, -0.05) is 13.8 Å². The molecule has 4 amide bonds. The highest BCUT2D eigenvalue weighted by Crippen LogP contribution is 2.07. The van der Waals surface area contributed by atoms with Gasteiger partial charge in [0.05, 0.1) is 6.61 Å². The quantitative estimate of drug-likeness (QED) is 0.109. The van der Waals surface area contributed by atoms with Crippen LogP contribution in [0.15, 0.2) is 0 Å². The number of nitrogens with one attached hydrogen (secondary N) is 3. The van der Waals surface area contributed by atoms with Crippen LogP contribution in [-0.2, 0) is 24.0 Å². The van der Waals surface area contributed by atoms with Crippen molar-refractivity contribution in [2.45, 2.75) is 70.1 Å². The number of hydrogen-bond donors (Lipinski definition) is 8. The van der Waals surface area contributed by atoms with E-state index in [-0.39, 0.29) is 19.3 Å². The summed E-state index contributed by atoms with van der Waals surface area (Å²) < 4.78 is 0. The van der Waals surface area contributed by atoms with E-state index in [1.54, 1.807) is 13.8 Å². The van der Waals surface area contributed by atoms with Crippen molar-refractivity contribution in [2.24, 2.45) is 23.1 Å². The lowest BCUT2D eigenvalue weighted by Crippen LogP contribution is -2.58. The molecule has 0 bridgehead atoms. The maximum Gasteiger partial charge on any atom is 0.326 e. The molecule has 13 heteroatoms. The van der Waals surface area contributed by atoms with E-state index in [0.29, 0.717) is 19.4 Å². The molecule has 0 aliphatic rings. The number of primary amides is 1. The molecule has 0 aromatic heterocycles. The van der Waals surface area contributed by atoms with Gasteiger partial charge >= 0.3 is 5.97 Å². The van der Waals surface area contributed by atoms with E-state index in [2.05, 4.69) is 16.0 Å². The number of carbonyl (C=O) groups excluding carboxylic acids is 4. The molecule has 0 saturated carbocycles. The first-order valence-corrected chi connectivity index (χ1v) is 10.4. The van der Waals surface area contributed by atoms with Gasteiger partial charge in [-0.15, -0.1) is 0 Å². The standard InChI is InChI=1S/C19H36N6O7/c1-10(2)15(19(31)32)25-18(30)13(6-7-14(22)27)24-17(29)12(5-3-4-8-20)23-16(28)11(21)9-26/h10-13,15,26H,3-9,20-21H2,1-2H3,(H2,22,27)(H,23,28)(H,24,29)(H,25,30)(H,31,32). The van der Waals surface area contributed by atoms with Gasteiger partial charge in [0.15, 0.2) is 0 Å². The van der Waals surface area contributed by atoms with Crippen molar-refractivity contribution >= 4 is 29.6 Å². The Kier molecular flexibility index (Phi) is 13.8. The van der Waals surface area contributed by atoms with E-state index in [9.17, 15) is 29.1 Å². The SMILES string of the molecule is CC(C)C(NC(=O)C(CCC(N)=O)NC(=O)C(CCCCN)NC(=O)C(N)CO)C(=O)O. The normalized spacial score (nSPS) is 14.7. The van der Waals surface area contributed by atoms with Crippen molar-refractivity contribution in [1.29, 1.82) is 0 Å². The van der Waals surface area contributed by atoms with Crippen molar-refractivity contribution in [1.82, 2.24) is 16.0 Å². The number of hydrogen-bond acceptors (Lipinski definition) is 8. The van der Waals surface area contributed by atoms with Crippen molar-refractivity contribution in [3.63, 3.8) is 0 Å². The number of carboxylic acid groups (broad SMARTS) is 1. The van der Waals surface area contributed by atoms with Gasteiger partial charge in [0, 0.05) is 6.42 Å². The second-order valence-electron chi connectivity index (χ2n) is 7.77. The Morgan fingerprint density at radius 1 is 0.875 bits per heavy atom. The first kappa shape index (κ1) is 29.2. The summed E-state index contributed by atoms with van der Waals surface area (Å²) in [5, 5.41) is 25.5. The van der Waals surface area contributed by atoms with Crippen LogP contribution in [0.3, 0.4) is 0 Å². The molecule has 11 N–H and O–H groups in total. The van der Waals surface area contributed by atoms with E-state index in [1.165, 1.54) is 0 Å². The van der Waals surface area contributed by atoms with Crippen molar-refractivity contribution in [2.75, 3.05) is 13.2 Å². The predicted molar refractivity (Wildman–Crippen MR) is 115 cm³/mol. The van der Waals surface area contributed by atoms with Crippen LogP contribution < -0.4 is 33.2 Å². The molecule has 0 radical (unpaired) electrons. The van der Waals surface area contributed by atoms with Crippen LogP contribution in [0.1, 0.15) is 46.0 Å². The molecule has 0 spiro atoms. The number of aliphatic hydroxyl groups excluding tert-OH is 1. The number of unbranched alkanes of at least 4 members (excludes halogenated alkanes) is 1. The smallest absolute Gasteiger partial charge is 0.326 e. The van der Waals surface area contributed by atoms with Crippen LogP contribution >= 0.6 is 0 Å².